The molecule has 0 saturated heterocycles. The molecule has 0 amide bonds. The van der Waals surface area contributed by atoms with Gasteiger partial charge in [0.05, 0.1) is 0 Å². The third-order valence-electron chi connectivity index (χ3n) is 2.26. The van der Waals surface area contributed by atoms with E-state index >= 15 is 0 Å². The number of hydrogen-bond acceptors (Lipinski definition) is 3. The molecule has 0 aromatic heterocycles. The fourth-order valence-corrected chi connectivity index (χ4v) is 15.1. The van der Waals surface area contributed by atoms with Crippen LogP contribution < -0.4 is 4.74 Å². The molecule has 0 bridgehead atoms. The Bertz CT molecular complexity index is 502. The molecular weight excluding hydrogens is 381 g/mol. The summed E-state index contributed by atoms with van der Waals surface area (Å²) in [6.45, 7) is 0. The maximum absolute atomic E-state index is 6.50. The molecule has 17 heavy (non-hydrogen) atoms. The Kier molecular flexibility index (Phi) is 3.81. The van der Waals surface area contributed by atoms with Crippen molar-refractivity contribution in [2.45, 2.75) is 9.79 Å². The Morgan fingerprint density at radius 2 is 1.29 bits per heavy atom. The fraction of sp³-hybridized carbons (Fsp3) is 0. The molecule has 0 radical (unpaired) electrons. The molecule has 0 spiro atoms. The standard InChI is InChI=1S/C12H10OS2.ClH.Sb/c14-11-7-3-1-5-9(11)13-10-6-2-4-8-12(10)15;;/h1-8,14-15H;1H;/q;;+3/p-3. The predicted molar refractivity (Wildman–Crippen MR) is 76.3 cm³/mol. The van der Waals surface area contributed by atoms with Crippen molar-refractivity contribution < 1.29 is 4.74 Å². The number of benzene rings is 2. The number of rotatable bonds is 0. The van der Waals surface area contributed by atoms with Crippen molar-refractivity contribution in [3.8, 4) is 11.5 Å². The van der Waals surface area contributed by atoms with Crippen LogP contribution in [0.1, 0.15) is 0 Å². The van der Waals surface area contributed by atoms with Crippen molar-refractivity contribution >= 4 is 42.8 Å². The normalized spacial score (nSPS) is 15.1. The van der Waals surface area contributed by atoms with Gasteiger partial charge in [0.15, 0.2) is 0 Å². The summed E-state index contributed by atoms with van der Waals surface area (Å²) in [6.07, 6.45) is 0. The van der Waals surface area contributed by atoms with Crippen molar-refractivity contribution in [1.82, 2.24) is 0 Å². The van der Waals surface area contributed by atoms with Crippen LogP contribution in [0.3, 0.4) is 0 Å². The Hall–Kier alpha value is 0.0482. The number of hydrogen-bond donors (Lipinski definition) is 0. The van der Waals surface area contributed by atoms with E-state index < -0.39 is 16.3 Å². The van der Waals surface area contributed by atoms with E-state index in [-0.39, 0.29) is 0 Å². The van der Waals surface area contributed by atoms with E-state index in [0.717, 1.165) is 21.3 Å². The van der Waals surface area contributed by atoms with Crippen LogP contribution in [0.2, 0.25) is 0 Å². The number of fused-ring (bicyclic) bond motifs is 2. The summed E-state index contributed by atoms with van der Waals surface area (Å²) in [7, 11) is 10.1. The molecule has 1 heterocycles. The maximum atomic E-state index is 6.50. The second-order valence-electron chi connectivity index (χ2n) is 3.39. The summed E-state index contributed by atoms with van der Waals surface area (Å²) in [4.78, 5) is 2.32. The molecule has 1 aliphatic rings. The van der Waals surface area contributed by atoms with Crippen LogP contribution in [0, 0.1) is 0 Å². The Labute approximate surface area is 116 Å². The first kappa shape index (κ1) is 12.1. The number of para-hydroxylation sites is 2. The molecule has 0 unspecified atom stereocenters. The van der Waals surface area contributed by atoms with Gasteiger partial charge in [-0.1, -0.05) is 0 Å². The van der Waals surface area contributed by atoms with Gasteiger partial charge >= 0.3 is 117 Å². The fourth-order valence-electron chi connectivity index (χ4n) is 1.51. The third-order valence-corrected chi connectivity index (χ3v) is 15.2. The van der Waals surface area contributed by atoms with Crippen LogP contribution in [0.4, 0.5) is 0 Å². The van der Waals surface area contributed by atoms with Crippen LogP contribution in [0.25, 0.3) is 0 Å². The molecule has 2 aromatic carbocycles. The number of ether oxygens (including phenoxy) is 1. The van der Waals surface area contributed by atoms with Gasteiger partial charge in [0, 0.05) is 0 Å². The summed E-state index contributed by atoms with van der Waals surface area (Å²) in [6, 6.07) is 16.2. The van der Waals surface area contributed by atoms with E-state index in [1.807, 2.05) is 36.4 Å². The summed E-state index contributed by atoms with van der Waals surface area (Å²) < 4.78 is 5.96. The second kappa shape index (κ2) is 5.36. The van der Waals surface area contributed by atoms with Crippen LogP contribution in [-0.4, -0.2) is 16.3 Å². The second-order valence-corrected chi connectivity index (χ2v) is 20.4. The Morgan fingerprint density at radius 3 is 1.82 bits per heavy atom. The molecule has 0 aliphatic carbocycles. The Balaban J connectivity index is 2.09. The van der Waals surface area contributed by atoms with Crippen LogP contribution in [0.15, 0.2) is 58.3 Å². The summed E-state index contributed by atoms with van der Waals surface area (Å²) in [5, 5.41) is 0. The summed E-state index contributed by atoms with van der Waals surface area (Å²) in [5.41, 5.74) is 0. The Morgan fingerprint density at radius 1 is 0.824 bits per heavy atom. The average Bonchev–Trinajstić information content (AvgIpc) is 2.31. The first-order valence-electron chi connectivity index (χ1n) is 5.01. The first-order chi connectivity index (χ1) is 8.33. The topological polar surface area (TPSA) is 9.23 Å². The van der Waals surface area contributed by atoms with E-state index in [2.05, 4.69) is 12.1 Å². The zero-order valence-electron chi connectivity index (χ0n) is 8.67. The van der Waals surface area contributed by atoms with Crippen molar-refractivity contribution in [3.63, 3.8) is 0 Å². The van der Waals surface area contributed by atoms with Crippen LogP contribution in [-0.2, 0) is 0 Å². The molecule has 1 nitrogen and oxygen atoms in total. The van der Waals surface area contributed by atoms with E-state index in [1.165, 1.54) is 0 Å². The van der Waals surface area contributed by atoms with Crippen molar-refractivity contribution in [3.05, 3.63) is 48.5 Å². The SMILES string of the molecule is [Cl][Sb]1[S]c2ccccc2Oc2ccccc2[S]1. The molecule has 5 heteroatoms. The summed E-state index contributed by atoms with van der Waals surface area (Å²) in [5.74, 6) is 1.83. The zero-order chi connectivity index (χ0) is 11.7. The van der Waals surface area contributed by atoms with Crippen molar-refractivity contribution in [2.24, 2.45) is 0 Å². The van der Waals surface area contributed by atoms with Crippen molar-refractivity contribution in [1.29, 1.82) is 0 Å². The molecule has 0 fully saturated rings. The van der Waals surface area contributed by atoms with Gasteiger partial charge in [0.2, 0.25) is 0 Å². The van der Waals surface area contributed by atoms with Gasteiger partial charge in [0.1, 0.15) is 0 Å². The molecule has 0 N–H and O–H groups in total. The van der Waals surface area contributed by atoms with Gasteiger partial charge in [-0.25, -0.2) is 0 Å². The molecule has 3 rings (SSSR count). The minimum atomic E-state index is -1.86. The van der Waals surface area contributed by atoms with Crippen molar-refractivity contribution in [2.75, 3.05) is 0 Å². The third kappa shape index (κ3) is 2.73. The molecule has 0 atom stereocenters. The van der Waals surface area contributed by atoms with E-state index in [0.29, 0.717) is 0 Å². The molecule has 0 saturated carbocycles. The van der Waals surface area contributed by atoms with E-state index in [4.69, 9.17) is 13.6 Å². The minimum absolute atomic E-state index is 0.917. The molecule has 1 aliphatic heterocycles. The zero-order valence-corrected chi connectivity index (χ0v) is 13.6. The molecular formula is C12H8ClOS2Sb. The predicted octanol–water partition coefficient (Wildman–Crippen LogP) is 4.90. The molecule has 2 aromatic rings. The summed E-state index contributed by atoms with van der Waals surface area (Å²) >= 11 is -1.86. The quantitative estimate of drug-likeness (QED) is 0.593. The van der Waals surface area contributed by atoms with Gasteiger partial charge in [-0.15, -0.1) is 0 Å². The average molecular weight is 390 g/mol. The van der Waals surface area contributed by atoms with Gasteiger partial charge < -0.3 is 0 Å². The van der Waals surface area contributed by atoms with E-state index in [1.54, 1.807) is 17.7 Å². The van der Waals surface area contributed by atoms with Gasteiger partial charge in [-0.3, -0.25) is 0 Å². The van der Waals surface area contributed by atoms with E-state index in [9.17, 15) is 0 Å². The van der Waals surface area contributed by atoms with Gasteiger partial charge in [-0.2, -0.15) is 0 Å². The molecule has 86 valence electrons. The monoisotopic (exact) mass is 388 g/mol. The first-order valence-corrected chi connectivity index (χ1v) is 16.0. The van der Waals surface area contributed by atoms with Crippen LogP contribution in [0.5, 0.6) is 11.5 Å². The van der Waals surface area contributed by atoms with Crippen LogP contribution >= 0.6 is 26.5 Å². The van der Waals surface area contributed by atoms with Gasteiger partial charge in [-0.05, 0) is 0 Å². The number of halogens is 1. The van der Waals surface area contributed by atoms with Gasteiger partial charge in [0.25, 0.3) is 0 Å².